The molecule has 1 aliphatic heterocycles. The number of thiol groups is 1. The molecule has 1 atom stereocenters. The van der Waals surface area contributed by atoms with E-state index in [1.807, 2.05) is 0 Å². The van der Waals surface area contributed by atoms with E-state index < -0.39 is 17.2 Å². The van der Waals surface area contributed by atoms with Gasteiger partial charge >= 0.3 is 11.9 Å². The zero-order valence-corrected chi connectivity index (χ0v) is 9.19. The Hall–Kier alpha value is -0.600. The van der Waals surface area contributed by atoms with Gasteiger partial charge in [-0.2, -0.15) is 0 Å². The maximum atomic E-state index is 11.1. The van der Waals surface area contributed by atoms with Crippen LogP contribution in [0.25, 0.3) is 0 Å². The van der Waals surface area contributed by atoms with E-state index in [1.54, 1.807) is 0 Å². The molecule has 0 radical (unpaired) electrons. The van der Waals surface area contributed by atoms with Crippen molar-refractivity contribution in [2.45, 2.75) is 20.4 Å². The molecule has 0 aliphatic carbocycles. The normalized spacial score (nSPS) is 21.4. The molecule has 1 fully saturated rings. The Labute approximate surface area is 92.6 Å². The summed E-state index contributed by atoms with van der Waals surface area (Å²) in [5.74, 6) is -0.987. The van der Waals surface area contributed by atoms with Crippen molar-refractivity contribution in [3.05, 3.63) is 0 Å². The quantitative estimate of drug-likeness (QED) is 0.473. The summed E-state index contributed by atoms with van der Waals surface area (Å²) in [5, 5.41) is 6.97. The largest absolute Gasteiger partial charge is 0.392 e. The van der Waals surface area contributed by atoms with E-state index in [0.29, 0.717) is 8.68 Å². The molecule has 1 aromatic rings. The molecule has 0 bridgehead atoms. The van der Waals surface area contributed by atoms with E-state index in [-0.39, 0.29) is 6.42 Å². The lowest BCUT2D eigenvalue weighted by Crippen LogP contribution is -2.08. The summed E-state index contributed by atoms with van der Waals surface area (Å²) in [4.78, 5) is 21.8. The van der Waals surface area contributed by atoms with Gasteiger partial charge in [-0.3, -0.25) is 9.59 Å². The highest BCUT2D eigenvalue weighted by Gasteiger charge is 2.35. The Bertz CT molecular complexity index is 391. The maximum absolute atomic E-state index is 11.1. The predicted molar refractivity (Wildman–Crippen MR) is 52.5 cm³/mol. The van der Waals surface area contributed by atoms with Crippen LogP contribution in [0.15, 0.2) is 8.68 Å². The molecule has 14 heavy (non-hydrogen) atoms. The summed E-state index contributed by atoms with van der Waals surface area (Å²) in [6.07, 6.45) is 0.102. The van der Waals surface area contributed by atoms with Gasteiger partial charge in [0.25, 0.3) is 0 Å². The second-order valence-corrected chi connectivity index (χ2v) is 5.61. The minimum absolute atomic E-state index is 0.102. The van der Waals surface area contributed by atoms with Crippen molar-refractivity contribution in [3.63, 3.8) is 0 Å². The van der Waals surface area contributed by atoms with Gasteiger partial charge in [0.1, 0.15) is 5.25 Å². The molecule has 2 rings (SSSR count). The minimum Gasteiger partial charge on any atom is -0.392 e. The Morgan fingerprint density at radius 3 is 2.79 bits per heavy atom. The molecule has 0 amide bonds. The average Bonchev–Trinajstić information content (AvgIpc) is 2.61. The molecular formula is C6H4N2O3S3. The van der Waals surface area contributed by atoms with Gasteiger partial charge < -0.3 is 4.74 Å². The second kappa shape index (κ2) is 3.87. The average molecular weight is 248 g/mol. The highest BCUT2D eigenvalue weighted by Crippen LogP contribution is 2.32. The standard InChI is InChI=1S/C6H4N2O3S3/c9-3-1-2(4(10)11-3)13-6-8-7-5(12)14-6/h2H,1H2,(H,7,12). The molecule has 1 aromatic heterocycles. The smallest absolute Gasteiger partial charge is 0.327 e. The molecule has 0 N–H and O–H groups in total. The van der Waals surface area contributed by atoms with E-state index in [4.69, 9.17) is 0 Å². The van der Waals surface area contributed by atoms with Crippen molar-refractivity contribution < 1.29 is 14.3 Å². The summed E-state index contributed by atoms with van der Waals surface area (Å²) in [7, 11) is 0. The van der Waals surface area contributed by atoms with Crippen LogP contribution in [0.3, 0.4) is 0 Å². The van der Waals surface area contributed by atoms with Crippen molar-refractivity contribution in [2.75, 3.05) is 0 Å². The zero-order chi connectivity index (χ0) is 10.1. The molecule has 5 nitrogen and oxygen atoms in total. The molecular weight excluding hydrogens is 244 g/mol. The Morgan fingerprint density at radius 2 is 2.29 bits per heavy atom. The monoisotopic (exact) mass is 248 g/mol. The molecule has 1 aliphatic rings. The van der Waals surface area contributed by atoms with Crippen LogP contribution in [0.2, 0.25) is 0 Å². The first-order chi connectivity index (χ1) is 6.65. The predicted octanol–water partition coefficient (Wildman–Crippen LogP) is 0.761. The fraction of sp³-hybridized carbons (Fsp3) is 0.333. The van der Waals surface area contributed by atoms with Crippen LogP contribution in [0.4, 0.5) is 0 Å². The van der Waals surface area contributed by atoms with E-state index in [9.17, 15) is 9.59 Å². The van der Waals surface area contributed by atoms with Crippen LogP contribution in [-0.4, -0.2) is 27.4 Å². The molecule has 74 valence electrons. The van der Waals surface area contributed by atoms with Crippen LogP contribution in [-0.2, 0) is 14.3 Å². The topological polar surface area (TPSA) is 69.2 Å². The molecule has 2 heterocycles. The van der Waals surface area contributed by atoms with Crippen LogP contribution in [0, 0.1) is 0 Å². The van der Waals surface area contributed by atoms with Crippen molar-refractivity contribution in [1.82, 2.24) is 10.2 Å². The van der Waals surface area contributed by atoms with Gasteiger partial charge in [0.15, 0.2) is 8.68 Å². The molecule has 1 unspecified atom stereocenters. The number of hydrogen-bond acceptors (Lipinski definition) is 8. The minimum atomic E-state index is -0.504. The number of carbonyl (C=O) groups excluding carboxylic acids is 2. The van der Waals surface area contributed by atoms with Crippen LogP contribution in [0.1, 0.15) is 6.42 Å². The Morgan fingerprint density at radius 1 is 1.50 bits per heavy atom. The summed E-state index contributed by atoms with van der Waals surface area (Å²) >= 11 is 6.44. The van der Waals surface area contributed by atoms with Gasteiger partial charge in [-0.05, 0) is 0 Å². The number of hydrogen-bond donors (Lipinski definition) is 1. The van der Waals surface area contributed by atoms with Crippen molar-refractivity contribution >= 4 is 47.7 Å². The third kappa shape index (κ3) is 2.07. The third-order valence-corrected chi connectivity index (χ3v) is 3.82. The SMILES string of the molecule is O=C1CC(Sc2nnc(S)s2)C(=O)O1. The lowest BCUT2D eigenvalue weighted by molar-refractivity contribution is -0.151. The van der Waals surface area contributed by atoms with E-state index in [1.165, 1.54) is 23.1 Å². The number of aromatic nitrogens is 2. The fourth-order valence-electron chi connectivity index (χ4n) is 0.916. The van der Waals surface area contributed by atoms with Crippen molar-refractivity contribution in [2.24, 2.45) is 0 Å². The first-order valence-corrected chi connectivity index (χ1v) is 5.73. The number of rotatable bonds is 2. The van der Waals surface area contributed by atoms with E-state index in [2.05, 4.69) is 27.6 Å². The van der Waals surface area contributed by atoms with Gasteiger partial charge in [-0.1, -0.05) is 23.1 Å². The van der Waals surface area contributed by atoms with Crippen LogP contribution >= 0.6 is 35.7 Å². The zero-order valence-electron chi connectivity index (χ0n) is 6.67. The van der Waals surface area contributed by atoms with Crippen LogP contribution in [0.5, 0.6) is 0 Å². The van der Waals surface area contributed by atoms with Gasteiger partial charge in [0.2, 0.25) is 0 Å². The Kier molecular flexibility index (Phi) is 2.75. The molecule has 8 heteroatoms. The van der Waals surface area contributed by atoms with Crippen molar-refractivity contribution in [1.29, 1.82) is 0 Å². The number of carbonyl (C=O) groups is 2. The number of cyclic esters (lactones) is 2. The maximum Gasteiger partial charge on any atom is 0.327 e. The first kappa shape index (κ1) is 9.94. The molecule has 0 saturated carbocycles. The summed E-state index contributed by atoms with van der Waals surface area (Å²) in [6, 6.07) is 0. The summed E-state index contributed by atoms with van der Waals surface area (Å²) < 4.78 is 5.54. The van der Waals surface area contributed by atoms with Gasteiger partial charge in [-0.25, -0.2) is 0 Å². The number of nitrogens with zero attached hydrogens (tertiary/aromatic N) is 2. The molecule has 0 spiro atoms. The first-order valence-electron chi connectivity index (χ1n) is 3.59. The number of esters is 2. The number of ether oxygens (including phenoxy) is 1. The van der Waals surface area contributed by atoms with Gasteiger partial charge in [0, 0.05) is 0 Å². The lowest BCUT2D eigenvalue weighted by atomic mass is 10.4. The Balaban J connectivity index is 2.05. The summed E-state index contributed by atoms with van der Waals surface area (Å²) in [6.45, 7) is 0. The van der Waals surface area contributed by atoms with Crippen LogP contribution < -0.4 is 0 Å². The van der Waals surface area contributed by atoms with Gasteiger partial charge in [0.05, 0.1) is 6.42 Å². The second-order valence-electron chi connectivity index (χ2n) is 2.45. The van der Waals surface area contributed by atoms with Crippen molar-refractivity contribution in [3.8, 4) is 0 Å². The highest BCUT2D eigenvalue weighted by molar-refractivity contribution is 8.02. The number of thioether (sulfide) groups is 1. The lowest BCUT2D eigenvalue weighted by Gasteiger charge is -1.97. The summed E-state index contributed by atoms with van der Waals surface area (Å²) in [5.41, 5.74) is 0. The molecule has 0 aromatic carbocycles. The third-order valence-electron chi connectivity index (χ3n) is 1.47. The fourth-order valence-corrected chi connectivity index (χ4v) is 3.20. The molecule has 1 saturated heterocycles. The van der Waals surface area contributed by atoms with E-state index >= 15 is 0 Å². The van der Waals surface area contributed by atoms with Gasteiger partial charge in [-0.15, -0.1) is 22.8 Å². The highest BCUT2D eigenvalue weighted by atomic mass is 32.2. The van der Waals surface area contributed by atoms with E-state index in [0.717, 1.165) is 0 Å².